The van der Waals surface area contributed by atoms with Crippen LogP contribution in [-0.4, -0.2) is 28.2 Å². The summed E-state index contributed by atoms with van der Waals surface area (Å²) in [5.74, 6) is 0. The maximum absolute atomic E-state index is 12.1. The number of amides is 2. The number of anilines is 1. The molecule has 1 aliphatic heterocycles. The van der Waals surface area contributed by atoms with E-state index in [9.17, 15) is 4.79 Å². The largest absolute Gasteiger partial charge is 0.375 e. The maximum Gasteiger partial charge on any atom is 0.321 e. The number of aryl methyl sites for hydroxylation is 2. The Hall–Kier alpha value is -1.86. The average Bonchev–Trinajstić information content (AvgIpc) is 3.10. The second-order valence-corrected chi connectivity index (χ2v) is 6.92. The van der Waals surface area contributed by atoms with Gasteiger partial charge in [0.1, 0.15) is 0 Å². The fraction of sp³-hybridized carbons (Fsp3) is 0.500. The zero-order valence-electron chi connectivity index (χ0n) is 13.5. The monoisotopic (exact) mass is 334 g/mol. The Morgan fingerprint density at radius 2 is 2.43 bits per heavy atom. The number of fused-ring (bicyclic) bond motifs is 1. The van der Waals surface area contributed by atoms with Crippen molar-refractivity contribution < 1.29 is 9.53 Å². The normalized spacial score (nSPS) is 15.0. The van der Waals surface area contributed by atoms with E-state index in [1.54, 1.807) is 0 Å². The van der Waals surface area contributed by atoms with E-state index in [0.29, 0.717) is 18.3 Å². The summed E-state index contributed by atoms with van der Waals surface area (Å²) in [6.07, 6.45) is 4.69. The van der Waals surface area contributed by atoms with Gasteiger partial charge in [0.15, 0.2) is 5.13 Å². The van der Waals surface area contributed by atoms with Crippen molar-refractivity contribution in [2.75, 3.05) is 11.9 Å². The minimum absolute atomic E-state index is 0.0998. The van der Waals surface area contributed by atoms with Gasteiger partial charge in [-0.05, 0) is 31.9 Å². The van der Waals surface area contributed by atoms with E-state index in [1.807, 2.05) is 26.2 Å². The number of aromatic nitrogens is 2. The van der Waals surface area contributed by atoms with Crippen molar-refractivity contribution in [1.29, 1.82) is 0 Å². The highest BCUT2D eigenvalue weighted by Gasteiger charge is 2.17. The van der Waals surface area contributed by atoms with E-state index in [-0.39, 0.29) is 12.1 Å². The lowest BCUT2D eigenvalue weighted by Gasteiger charge is -2.14. The van der Waals surface area contributed by atoms with Crippen molar-refractivity contribution in [3.05, 3.63) is 34.6 Å². The molecule has 0 fully saturated rings. The first-order chi connectivity index (χ1) is 11.1. The molecule has 3 rings (SSSR count). The third-order valence-corrected chi connectivity index (χ3v) is 4.96. The number of rotatable bonds is 5. The number of nitrogens with zero attached hydrogens (tertiary/aromatic N) is 2. The van der Waals surface area contributed by atoms with Crippen LogP contribution in [0.5, 0.6) is 0 Å². The average molecular weight is 334 g/mol. The highest BCUT2D eigenvalue weighted by atomic mass is 32.1. The molecule has 0 radical (unpaired) electrons. The first kappa shape index (κ1) is 16.0. The molecule has 0 saturated carbocycles. The molecule has 0 aromatic carbocycles. The highest BCUT2D eigenvalue weighted by Crippen LogP contribution is 2.26. The first-order valence-corrected chi connectivity index (χ1v) is 8.67. The Kier molecular flexibility index (Phi) is 4.97. The van der Waals surface area contributed by atoms with Gasteiger partial charge < -0.3 is 14.6 Å². The molecule has 0 saturated heterocycles. The summed E-state index contributed by atoms with van der Waals surface area (Å²) < 4.78 is 7.50. The van der Waals surface area contributed by atoms with E-state index in [2.05, 4.69) is 26.3 Å². The second-order valence-electron chi connectivity index (χ2n) is 5.84. The van der Waals surface area contributed by atoms with Gasteiger partial charge in [0.25, 0.3) is 0 Å². The number of hydrogen-bond donors (Lipinski definition) is 2. The number of nitrogens with one attached hydrogen (secondary N) is 2. The Balaban J connectivity index is 1.47. The van der Waals surface area contributed by atoms with Gasteiger partial charge in [0, 0.05) is 31.4 Å². The van der Waals surface area contributed by atoms with Crippen LogP contribution in [-0.2, 0) is 31.2 Å². The lowest BCUT2D eigenvalue weighted by Crippen LogP contribution is -2.36. The van der Waals surface area contributed by atoms with Crippen molar-refractivity contribution >= 4 is 22.5 Å². The van der Waals surface area contributed by atoms with Crippen LogP contribution in [0.25, 0.3) is 0 Å². The van der Waals surface area contributed by atoms with Crippen LogP contribution in [0.3, 0.4) is 0 Å². The fourth-order valence-electron chi connectivity index (χ4n) is 2.63. The van der Waals surface area contributed by atoms with E-state index in [0.717, 1.165) is 29.8 Å². The van der Waals surface area contributed by atoms with Gasteiger partial charge in [-0.25, -0.2) is 9.78 Å². The van der Waals surface area contributed by atoms with Gasteiger partial charge in [-0.1, -0.05) is 11.3 Å². The lowest BCUT2D eigenvalue weighted by atomic mass is 10.1. The van der Waals surface area contributed by atoms with Gasteiger partial charge >= 0.3 is 6.03 Å². The Bertz CT molecular complexity index is 656. The molecule has 2 aromatic rings. The van der Waals surface area contributed by atoms with Crippen molar-refractivity contribution in [3.8, 4) is 0 Å². The van der Waals surface area contributed by atoms with Crippen LogP contribution < -0.4 is 10.6 Å². The molecule has 2 amide bonds. The van der Waals surface area contributed by atoms with Crippen molar-refractivity contribution in [2.24, 2.45) is 7.05 Å². The molecule has 2 N–H and O–H groups in total. The molecule has 3 heterocycles. The minimum Gasteiger partial charge on any atom is -0.375 e. The van der Waals surface area contributed by atoms with E-state index in [4.69, 9.17) is 4.74 Å². The van der Waals surface area contributed by atoms with Gasteiger partial charge in [-0.15, -0.1) is 0 Å². The fourth-order valence-corrected chi connectivity index (χ4v) is 3.57. The molecular formula is C16H22N4O2S. The third-order valence-electron chi connectivity index (χ3n) is 3.98. The number of thiazole rings is 1. The summed E-state index contributed by atoms with van der Waals surface area (Å²) >= 11 is 1.49. The molecular weight excluding hydrogens is 312 g/mol. The van der Waals surface area contributed by atoms with Gasteiger partial charge in [-0.3, -0.25) is 5.32 Å². The van der Waals surface area contributed by atoms with Crippen LogP contribution >= 0.6 is 11.3 Å². The predicted molar refractivity (Wildman–Crippen MR) is 90.8 cm³/mol. The molecule has 0 bridgehead atoms. The minimum atomic E-state index is -0.198. The SMILES string of the molecule is C[C@H](CCc1cccn1C)NC(=O)Nc1nc2c(s1)COCC2. The summed E-state index contributed by atoms with van der Waals surface area (Å²) in [4.78, 5) is 17.6. The molecule has 0 unspecified atom stereocenters. The molecule has 1 atom stereocenters. The van der Waals surface area contributed by atoms with Crippen molar-refractivity contribution in [3.63, 3.8) is 0 Å². The van der Waals surface area contributed by atoms with E-state index in [1.165, 1.54) is 17.0 Å². The van der Waals surface area contributed by atoms with Crippen LogP contribution in [0.1, 0.15) is 29.6 Å². The highest BCUT2D eigenvalue weighted by molar-refractivity contribution is 7.15. The topological polar surface area (TPSA) is 68.2 Å². The predicted octanol–water partition coefficient (Wildman–Crippen LogP) is 2.70. The summed E-state index contributed by atoms with van der Waals surface area (Å²) in [7, 11) is 2.04. The number of carbonyl (C=O) groups excluding carboxylic acids is 1. The van der Waals surface area contributed by atoms with E-state index < -0.39 is 0 Å². The number of ether oxygens (including phenoxy) is 1. The Labute approximate surface area is 139 Å². The standard InChI is InChI=1S/C16H22N4O2S/c1-11(5-6-12-4-3-8-20(12)2)17-15(21)19-16-18-13-7-9-22-10-14(13)23-16/h3-4,8,11H,5-7,9-10H2,1-2H3,(H2,17,18,19,21)/t11-/m1/s1. The Morgan fingerprint density at radius 3 is 3.17 bits per heavy atom. The quantitative estimate of drug-likeness (QED) is 0.883. The van der Waals surface area contributed by atoms with E-state index >= 15 is 0 Å². The van der Waals surface area contributed by atoms with Gasteiger partial charge in [-0.2, -0.15) is 0 Å². The zero-order valence-corrected chi connectivity index (χ0v) is 14.3. The van der Waals surface area contributed by atoms with Crippen molar-refractivity contribution in [1.82, 2.24) is 14.9 Å². The molecule has 2 aromatic heterocycles. The molecule has 23 heavy (non-hydrogen) atoms. The van der Waals surface area contributed by atoms with Crippen LogP contribution in [0.15, 0.2) is 18.3 Å². The smallest absolute Gasteiger partial charge is 0.321 e. The van der Waals surface area contributed by atoms with Crippen molar-refractivity contribution in [2.45, 2.75) is 38.8 Å². The van der Waals surface area contributed by atoms with Crippen LogP contribution in [0, 0.1) is 0 Å². The Morgan fingerprint density at radius 1 is 1.57 bits per heavy atom. The lowest BCUT2D eigenvalue weighted by molar-refractivity contribution is 0.112. The molecule has 7 heteroatoms. The maximum atomic E-state index is 12.1. The molecule has 0 aliphatic carbocycles. The third kappa shape index (κ3) is 4.11. The van der Waals surface area contributed by atoms with Crippen LogP contribution in [0.2, 0.25) is 0 Å². The summed E-state index contributed by atoms with van der Waals surface area (Å²) in [6, 6.07) is 4.04. The molecule has 124 valence electrons. The summed E-state index contributed by atoms with van der Waals surface area (Å²) in [6.45, 7) is 3.32. The van der Waals surface area contributed by atoms with Crippen LogP contribution in [0.4, 0.5) is 9.93 Å². The number of urea groups is 1. The molecule has 0 spiro atoms. The first-order valence-electron chi connectivity index (χ1n) is 7.86. The zero-order chi connectivity index (χ0) is 16.2. The summed E-state index contributed by atoms with van der Waals surface area (Å²) in [5, 5.41) is 6.44. The number of hydrogen-bond acceptors (Lipinski definition) is 4. The second kappa shape index (κ2) is 7.14. The summed E-state index contributed by atoms with van der Waals surface area (Å²) in [5.41, 5.74) is 2.32. The molecule has 1 aliphatic rings. The van der Waals surface area contributed by atoms with Gasteiger partial charge in [0.05, 0.1) is 23.8 Å². The van der Waals surface area contributed by atoms with Gasteiger partial charge in [0.2, 0.25) is 0 Å². The number of carbonyl (C=O) groups is 1. The molecule has 6 nitrogen and oxygen atoms in total.